The Kier molecular flexibility index (Phi) is 5.32. The van der Waals surface area contributed by atoms with E-state index in [0.29, 0.717) is 13.1 Å². The SMILES string of the molecule is COC1CN(C(C(=O)NN)C(C)C)CC1OC. The number of carbonyl (C=O) groups is 1. The molecule has 1 aliphatic rings. The summed E-state index contributed by atoms with van der Waals surface area (Å²) >= 11 is 0. The average molecular weight is 245 g/mol. The molecule has 1 heterocycles. The fraction of sp³-hybridized carbons (Fsp3) is 0.909. The number of likely N-dealkylation sites (tertiary alicyclic amines) is 1. The molecule has 6 heteroatoms. The minimum Gasteiger partial charge on any atom is -0.377 e. The fourth-order valence-electron chi connectivity index (χ4n) is 2.43. The van der Waals surface area contributed by atoms with Crippen molar-refractivity contribution in [3.63, 3.8) is 0 Å². The molecule has 0 aromatic heterocycles. The summed E-state index contributed by atoms with van der Waals surface area (Å²) in [7, 11) is 3.32. The Morgan fingerprint density at radius 1 is 1.29 bits per heavy atom. The molecule has 0 saturated carbocycles. The number of nitrogens with one attached hydrogen (secondary N) is 1. The van der Waals surface area contributed by atoms with Crippen molar-refractivity contribution >= 4 is 5.91 Å². The van der Waals surface area contributed by atoms with Gasteiger partial charge in [-0.05, 0) is 5.92 Å². The normalized spacial score (nSPS) is 27.4. The van der Waals surface area contributed by atoms with Crippen molar-refractivity contribution in [2.75, 3.05) is 27.3 Å². The minimum absolute atomic E-state index is 0.00632. The van der Waals surface area contributed by atoms with Crippen molar-refractivity contribution in [1.82, 2.24) is 10.3 Å². The van der Waals surface area contributed by atoms with Gasteiger partial charge in [0.1, 0.15) is 0 Å². The van der Waals surface area contributed by atoms with Gasteiger partial charge in [0.25, 0.3) is 5.91 Å². The van der Waals surface area contributed by atoms with Crippen molar-refractivity contribution in [3.05, 3.63) is 0 Å². The van der Waals surface area contributed by atoms with Crippen LogP contribution in [-0.2, 0) is 14.3 Å². The molecule has 1 fully saturated rings. The number of hydrazine groups is 1. The maximum absolute atomic E-state index is 11.8. The molecule has 1 amide bonds. The lowest BCUT2D eigenvalue weighted by atomic mass is 10.0. The van der Waals surface area contributed by atoms with E-state index in [4.69, 9.17) is 15.3 Å². The first-order chi connectivity index (χ1) is 8.04. The number of hydrogen-bond donors (Lipinski definition) is 2. The predicted molar refractivity (Wildman–Crippen MR) is 64.1 cm³/mol. The van der Waals surface area contributed by atoms with Crippen LogP contribution in [0.5, 0.6) is 0 Å². The van der Waals surface area contributed by atoms with Gasteiger partial charge in [0.05, 0.1) is 18.2 Å². The lowest BCUT2D eigenvalue weighted by molar-refractivity contribution is -0.127. The van der Waals surface area contributed by atoms with Gasteiger partial charge >= 0.3 is 0 Å². The number of ether oxygens (including phenoxy) is 2. The molecular formula is C11H23N3O3. The maximum Gasteiger partial charge on any atom is 0.251 e. The largest absolute Gasteiger partial charge is 0.377 e. The highest BCUT2D eigenvalue weighted by Gasteiger charge is 2.39. The number of rotatable bonds is 5. The number of carbonyl (C=O) groups excluding carboxylic acids is 1. The zero-order valence-corrected chi connectivity index (χ0v) is 11.0. The van der Waals surface area contributed by atoms with Gasteiger partial charge < -0.3 is 9.47 Å². The molecule has 0 aromatic rings. The van der Waals surface area contributed by atoms with Crippen molar-refractivity contribution in [2.45, 2.75) is 32.1 Å². The predicted octanol–water partition coefficient (Wildman–Crippen LogP) is -0.653. The summed E-state index contributed by atoms with van der Waals surface area (Å²) < 4.78 is 10.7. The van der Waals surface area contributed by atoms with E-state index in [9.17, 15) is 4.79 Å². The Balaban J connectivity index is 2.74. The average Bonchev–Trinajstić information content (AvgIpc) is 2.71. The topological polar surface area (TPSA) is 76.8 Å². The van der Waals surface area contributed by atoms with Gasteiger partial charge in [0.2, 0.25) is 0 Å². The summed E-state index contributed by atoms with van der Waals surface area (Å²) in [6, 6.07) is -0.238. The third-order valence-electron chi connectivity index (χ3n) is 3.28. The third kappa shape index (κ3) is 3.16. The molecule has 1 aliphatic heterocycles. The Morgan fingerprint density at radius 3 is 2.06 bits per heavy atom. The van der Waals surface area contributed by atoms with E-state index in [-0.39, 0.29) is 30.1 Å². The first-order valence-electron chi connectivity index (χ1n) is 5.85. The van der Waals surface area contributed by atoms with Crippen LogP contribution in [-0.4, -0.2) is 56.4 Å². The van der Waals surface area contributed by atoms with E-state index >= 15 is 0 Å². The third-order valence-corrected chi connectivity index (χ3v) is 3.28. The Hall–Kier alpha value is -0.690. The van der Waals surface area contributed by atoms with Crippen molar-refractivity contribution in [2.24, 2.45) is 11.8 Å². The van der Waals surface area contributed by atoms with Crippen LogP contribution in [0.4, 0.5) is 0 Å². The van der Waals surface area contributed by atoms with Gasteiger partial charge in [-0.15, -0.1) is 0 Å². The number of methoxy groups -OCH3 is 2. The monoisotopic (exact) mass is 245 g/mol. The summed E-state index contributed by atoms with van der Waals surface area (Å²) in [5.41, 5.74) is 2.23. The number of nitrogens with two attached hydrogens (primary N) is 1. The number of nitrogens with zero attached hydrogens (tertiary/aromatic N) is 1. The molecule has 0 aromatic carbocycles. The molecule has 6 nitrogen and oxygen atoms in total. The summed E-state index contributed by atoms with van der Waals surface area (Å²) in [5.74, 6) is 5.25. The van der Waals surface area contributed by atoms with Crippen LogP contribution >= 0.6 is 0 Å². The lowest BCUT2D eigenvalue weighted by Gasteiger charge is -2.28. The van der Waals surface area contributed by atoms with Gasteiger partial charge in [0, 0.05) is 27.3 Å². The molecule has 0 radical (unpaired) electrons. The zero-order valence-electron chi connectivity index (χ0n) is 11.0. The van der Waals surface area contributed by atoms with E-state index < -0.39 is 0 Å². The van der Waals surface area contributed by atoms with Crippen LogP contribution in [0.1, 0.15) is 13.8 Å². The van der Waals surface area contributed by atoms with E-state index in [1.165, 1.54) is 0 Å². The number of hydrogen-bond acceptors (Lipinski definition) is 5. The van der Waals surface area contributed by atoms with Crippen molar-refractivity contribution in [1.29, 1.82) is 0 Å². The van der Waals surface area contributed by atoms with E-state index in [1.807, 2.05) is 13.8 Å². The van der Waals surface area contributed by atoms with Crippen LogP contribution in [0.3, 0.4) is 0 Å². The summed E-state index contributed by atoms with van der Waals surface area (Å²) in [5, 5.41) is 0. The van der Waals surface area contributed by atoms with Gasteiger partial charge in [-0.2, -0.15) is 0 Å². The highest BCUT2D eigenvalue weighted by atomic mass is 16.5. The summed E-state index contributed by atoms with van der Waals surface area (Å²) in [4.78, 5) is 13.8. The maximum atomic E-state index is 11.8. The molecule has 17 heavy (non-hydrogen) atoms. The minimum atomic E-state index is -0.238. The lowest BCUT2D eigenvalue weighted by Crippen LogP contribution is -2.51. The molecular weight excluding hydrogens is 222 g/mol. The molecule has 3 unspecified atom stereocenters. The molecule has 1 saturated heterocycles. The van der Waals surface area contributed by atoms with Gasteiger partial charge in [0.15, 0.2) is 0 Å². The molecule has 3 N–H and O–H groups in total. The highest BCUT2D eigenvalue weighted by molar-refractivity contribution is 5.81. The molecule has 0 aliphatic carbocycles. The van der Waals surface area contributed by atoms with Gasteiger partial charge in [-0.3, -0.25) is 15.1 Å². The number of amides is 1. The van der Waals surface area contributed by atoms with Crippen LogP contribution in [0.25, 0.3) is 0 Å². The summed E-state index contributed by atoms with van der Waals surface area (Å²) in [6.45, 7) is 5.38. The zero-order chi connectivity index (χ0) is 13.0. The molecule has 0 spiro atoms. The first-order valence-corrected chi connectivity index (χ1v) is 5.85. The smallest absolute Gasteiger partial charge is 0.251 e. The van der Waals surface area contributed by atoms with Crippen LogP contribution < -0.4 is 11.3 Å². The van der Waals surface area contributed by atoms with E-state index in [2.05, 4.69) is 10.3 Å². The second-order valence-electron chi connectivity index (χ2n) is 4.70. The van der Waals surface area contributed by atoms with Crippen molar-refractivity contribution in [3.8, 4) is 0 Å². The first kappa shape index (κ1) is 14.4. The van der Waals surface area contributed by atoms with Gasteiger partial charge in [-0.1, -0.05) is 13.8 Å². The quantitative estimate of drug-likeness (QED) is 0.382. The van der Waals surface area contributed by atoms with Crippen LogP contribution in [0.15, 0.2) is 0 Å². The Bertz CT molecular complexity index is 248. The van der Waals surface area contributed by atoms with Gasteiger partial charge in [-0.25, -0.2) is 5.84 Å². The second kappa shape index (κ2) is 6.30. The Labute approximate surface area is 102 Å². The van der Waals surface area contributed by atoms with Crippen LogP contribution in [0.2, 0.25) is 0 Å². The Morgan fingerprint density at radius 2 is 1.76 bits per heavy atom. The van der Waals surface area contributed by atoms with Crippen molar-refractivity contribution < 1.29 is 14.3 Å². The molecule has 100 valence electrons. The molecule has 3 atom stereocenters. The fourth-order valence-corrected chi connectivity index (χ4v) is 2.43. The van der Waals surface area contributed by atoms with E-state index in [0.717, 1.165) is 0 Å². The second-order valence-corrected chi connectivity index (χ2v) is 4.70. The standard InChI is InChI=1S/C11H23N3O3/c1-7(2)10(11(15)13-12)14-5-8(16-3)9(6-14)17-4/h7-10H,5-6,12H2,1-4H3,(H,13,15). The van der Waals surface area contributed by atoms with Crippen LogP contribution in [0, 0.1) is 5.92 Å². The summed E-state index contributed by atoms with van der Waals surface area (Å²) in [6.07, 6.45) is 0.0126. The molecule has 1 rings (SSSR count). The highest BCUT2D eigenvalue weighted by Crippen LogP contribution is 2.21. The molecule has 0 bridgehead atoms. The van der Waals surface area contributed by atoms with E-state index in [1.54, 1.807) is 14.2 Å².